The first-order valence-electron chi connectivity index (χ1n) is 6.34. The Labute approximate surface area is 137 Å². The van der Waals surface area contributed by atoms with Gasteiger partial charge in [-0.25, -0.2) is 18.8 Å². The highest BCUT2D eigenvalue weighted by Crippen LogP contribution is 2.27. The molecule has 0 saturated carbocycles. The maximum Gasteiger partial charge on any atom is 0.346 e. The van der Waals surface area contributed by atoms with E-state index in [1.165, 1.54) is 18.5 Å². The molecule has 118 valence electrons. The molecule has 0 fully saturated rings. The quantitative estimate of drug-likeness (QED) is 0.755. The molecule has 0 amide bonds. The Hall–Kier alpha value is -2.45. The Morgan fingerprint density at radius 2 is 2.22 bits per heavy atom. The van der Waals surface area contributed by atoms with Crippen LogP contribution in [0.15, 0.2) is 29.3 Å². The van der Waals surface area contributed by atoms with E-state index in [1.807, 2.05) is 0 Å². The number of rotatable bonds is 3. The van der Waals surface area contributed by atoms with E-state index >= 15 is 0 Å². The standard InChI is InChI=1S/C14H9ClFN3O3S/c1-6-10-12(23-11(6)14(21)22)17-5-19(13(10)20)18-9-4-7(16)2-3-8(9)15/h2-5,18H,1H3,(H,21,22). The van der Waals surface area contributed by atoms with Gasteiger partial charge in [-0.3, -0.25) is 10.2 Å². The summed E-state index contributed by atoms with van der Waals surface area (Å²) in [5.41, 5.74) is 2.72. The highest BCUT2D eigenvalue weighted by Gasteiger charge is 2.19. The molecule has 2 heterocycles. The number of carboxylic acids is 1. The number of halogens is 2. The van der Waals surface area contributed by atoms with Crippen molar-refractivity contribution in [3.63, 3.8) is 0 Å². The minimum atomic E-state index is -1.11. The number of benzene rings is 1. The molecule has 0 unspecified atom stereocenters. The Balaban J connectivity index is 2.14. The maximum absolute atomic E-state index is 13.3. The summed E-state index contributed by atoms with van der Waals surface area (Å²) in [5, 5.41) is 9.56. The highest BCUT2D eigenvalue weighted by molar-refractivity contribution is 7.20. The van der Waals surface area contributed by atoms with Crippen molar-refractivity contribution in [3.8, 4) is 0 Å². The lowest BCUT2D eigenvalue weighted by Crippen LogP contribution is -2.26. The molecule has 6 nitrogen and oxygen atoms in total. The normalized spacial score (nSPS) is 10.9. The fraction of sp³-hybridized carbons (Fsp3) is 0.0714. The first-order chi connectivity index (χ1) is 10.9. The molecule has 3 aromatic rings. The van der Waals surface area contributed by atoms with Gasteiger partial charge in [-0.05, 0) is 24.6 Å². The highest BCUT2D eigenvalue weighted by atomic mass is 35.5. The number of nitrogens with zero attached hydrogens (tertiary/aromatic N) is 2. The number of hydrogen-bond acceptors (Lipinski definition) is 5. The molecule has 2 aromatic heterocycles. The molecular weight excluding hydrogens is 345 g/mol. The first kappa shape index (κ1) is 15.4. The van der Waals surface area contributed by atoms with Crippen LogP contribution in [0.3, 0.4) is 0 Å². The van der Waals surface area contributed by atoms with Gasteiger partial charge in [-0.2, -0.15) is 0 Å². The van der Waals surface area contributed by atoms with Crippen LogP contribution in [0.5, 0.6) is 0 Å². The van der Waals surface area contributed by atoms with E-state index in [2.05, 4.69) is 10.4 Å². The number of aromatic carboxylic acids is 1. The lowest BCUT2D eigenvalue weighted by atomic mass is 10.2. The van der Waals surface area contributed by atoms with Crippen LogP contribution in [-0.2, 0) is 0 Å². The molecule has 0 bridgehead atoms. The Bertz CT molecular complexity index is 999. The van der Waals surface area contributed by atoms with Gasteiger partial charge in [0.2, 0.25) is 0 Å². The second kappa shape index (κ2) is 5.64. The summed E-state index contributed by atoms with van der Waals surface area (Å²) in [6.07, 6.45) is 1.20. The van der Waals surface area contributed by atoms with Gasteiger partial charge >= 0.3 is 5.97 Å². The number of carbonyl (C=O) groups is 1. The van der Waals surface area contributed by atoms with Gasteiger partial charge < -0.3 is 5.11 Å². The van der Waals surface area contributed by atoms with Crippen molar-refractivity contribution in [3.05, 3.63) is 56.2 Å². The van der Waals surface area contributed by atoms with Crippen LogP contribution in [0.4, 0.5) is 10.1 Å². The molecule has 0 atom stereocenters. The predicted octanol–water partition coefficient (Wildman–Crippen LogP) is 3.13. The van der Waals surface area contributed by atoms with E-state index in [9.17, 15) is 14.0 Å². The summed E-state index contributed by atoms with van der Waals surface area (Å²) in [5.74, 6) is -1.63. The molecule has 0 aliphatic rings. The van der Waals surface area contributed by atoms with Crippen LogP contribution in [0.2, 0.25) is 5.02 Å². The third-order valence-electron chi connectivity index (χ3n) is 3.21. The van der Waals surface area contributed by atoms with E-state index in [0.29, 0.717) is 10.4 Å². The number of fused-ring (bicyclic) bond motifs is 1. The summed E-state index contributed by atoms with van der Waals surface area (Å²) in [6.45, 7) is 1.55. The van der Waals surface area contributed by atoms with Crippen molar-refractivity contribution in [2.75, 3.05) is 5.43 Å². The van der Waals surface area contributed by atoms with E-state index in [4.69, 9.17) is 16.7 Å². The second-order valence-electron chi connectivity index (χ2n) is 4.70. The summed E-state index contributed by atoms with van der Waals surface area (Å²) in [4.78, 5) is 28.1. The minimum Gasteiger partial charge on any atom is -0.477 e. The van der Waals surface area contributed by atoms with E-state index in [-0.39, 0.29) is 21.0 Å². The lowest BCUT2D eigenvalue weighted by molar-refractivity contribution is 0.0701. The molecule has 0 aliphatic heterocycles. The first-order valence-corrected chi connectivity index (χ1v) is 7.54. The van der Waals surface area contributed by atoms with Crippen LogP contribution in [0.25, 0.3) is 10.2 Å². The fourth-order valence-electron chi connectivity index (χ4n) is 2.12. The molecule has 0 saturated heterocycles. The van der Waals surface area contributed by atoms with Crippen LogP contribution < -0.4 is 11.0 Å². The summed E-state index contributed by atoms with van der Waals surface area (Å²) < 4.78 is 14.3. The van der Waals surface area contributed by atoms with Gasteiger partial charge in [0.15, 0.2) is 0 Å². The number of nitrogens with one attached hydrogen (secondary N) is 1. The number of anilines is 1. The van der Waals surface area contributed by atoms with Gasteiger partial charge in [-0.1, -0.05) is 11.6 Å². The predicted molar refractivity (Wildman–Crippen MR) is 86.0 cm³/mol. The largest absolute Gasteiger partial charge is 0.477 e. The van der Waals surface area contributed by atoms with Crippen molar-refractivity contribution in [1.29, 1.82) is 0 Å². The monoisotopic (exact) mass is 353 g/mol. The number of aromatic nitrogens is 2. The summed E-state index contributed by atoms with van der Waals surface area (Å²) >= 11 is 6.88. The topological polar surface area (TPSA) is 84.2 Å². The average Bonchev–Trinajstić information content (AvgIpc) is 2.84. The van der Waals surface area contributed by atoms with Gasteiger partial charge in [0.05, 0.1) is 16.1 Å². The third-order valence-corrected chi connectivity index (χ3v) is 4.73. The molecule has 0 spiro atoms. The molecule has 23 heavy (non-hydrogen) atoms. The van der Waals surface area contributed by atoms with Crippen LogP contribution >= 0.6 is 22.9 Å². The number of thiophene rings is 1. The van der Waals surface area contributed by atoms with Gasteiger partial charge in [0.1, 0.15) is 21.9 Å². The van der Waals surface area contributed by atoms with Gasteiger partial charge in [-0.15, -0.1) is 11.3 Å². The van der Waals surface area contributed by atoms with Crippen LogP contribution in [0.1, 0.15) is 15.2 Å². The fourth-order valence-corrected chi connectivity index (χ4v) is 3.26. The van der Waals surface area contributed by atoms with Crippen molar-refractivity contribution in [2.45, 2.75) is 6.92 Å². The van der Waals surface area contributed by atoms with Crippen molar-refractivity contribution < 1.29 is 14.3 Å². The maximum atomic E-state index is 13.3. The van der Waals surface area contributed by atoms with E-state index in [1.54, 1.807) is 6.92 Å². The van der Waals surface area contributed by atoms with Crippen LogP contribution in [-0.4, -0.2) is 20.7 Å². The molecule has 1 aromatic carbocycles. The van der Waals surface area contributed by atoms with Crippen LogP contribution in [0, 0.1) is 12.7 Å². The summed E-state index contributed by atoms with van der Waals surface area (Å²) in [7, 11) is 0. The number of hydrogen-bond donors (Lipinski definition) is 2. The number of carboxylic acid groups (broad SMARTS) is 1. The second-order valence-corrected chi connectivity index (χ2v) is 6.10. The van der Waals surface area contributed by atoms with Crippen molar-refractivity contribution in [2.24, 2.45) is 0 Å². The Morgan fingerprint density at radius 3 is 2.91 bits per heavy atom. The zero-order chi connectivity index (χ0) is 16.7. The lowest BCUT2D eigenvalue weighted by Gasteiger charge is -2.10. The molecule has 3 rings (SSSR count). The minimum absolute atomic E-state index is 0.0612. The number of aryl methyl sites for hydroxylation is 1. The van der Waals surface area contributed by atoms with Crippen molar-refractivity contribution in [1.82, 2.24) is 9.66 Å². The zero-order valence-corrected chi connectivity index (χ0v) is 13.2. The van der Waals surface area contributed by atoms with E-state index in [0.717, 1.165) is 22.1 Å². The SMILES string of the molecule is Cc1c(C(=O)O)sc2ncn(Nc3cc(F)ccc3Cl)c(=O)c12. The molecule has 9 heteroatoms. The average molecular weight is 354 g/mol. The van der Waals surface area contributed by atoms with Gasteiger partial charge in [0.25, 0.3) is 5.56 Å². The molecule has 0 radical (unpaired) electrons. The molecular formula is C14H9ClFN3O3S. The molecule has 0 aliphatic carbocycles. The van der Waals surface area contributed by atoms with Gasteiger partial charge in [0, 0.05) is 6.07 Å². The smallest absolute Gasteiger partial charge is 0.346 e. The third kappa shape index (κ3) is 2.66. The Kier molecular flexibility index (Phi) is 3.78. The Morgan fingerprint density at radius 1 is 1.48 bits per heavy atom. The summed E-state index contributed by atoms with van der Waals surface area (Å²) in [6, 6.07) is 3.69. The molecule has 2 N–H and O–H groups in total. The van der Waals surface area contributed by atoms with E-state index < -0.39 is 17.3 Å². The van der Waals surface area contributed by atoms with Crippen molar-refractivity contribution >= 4 is 44.8 Å². The zero-order valence-electron chi connectivity index (χ0n) is 11.6.